The number of hydrogen-bond donors (Lipinski definition) is 1. The number of rotatable bonds is 5. The summed E-state index contributed by atoms with van der Waals surface area (Å²) in [6, 6.07) is 9.24. The molecular formula is C14H22N2O. The molecule has 0 bridgehead atoms. The van der Waals surface area contributed by atoms with Crippen molar-refractivity contribution in [3.8, 4) is 5.75 Å². The summed E-state index contributed by atoms with van der Waals surface area (Å²) in [6.45, 7) is 7.15. The first-order valence-electron chi connectivity index (χ1n) is 6.43. The van der Waals surface area contributed by atoms with Gasteiger partial charge in [-0.15, -0.1) is 0 Å². The molecule has 1 aromatic carbocycles. The Balaban J connectivity index is 1.92. The molecule has 3 nitrogen and oxygen atoms in total. The highest BCUT2D eigenvalue weighted by Crippen LogP contribution is 2.26. The van der Waals surface area contributed by atoms with Crippen LogP contribution in [0, 0.1) is 0 Å². The fourth-order valence-electron chi connectivity index (χ4n) is 2.14. The molecule has 1 saturated heterocycles. The van der Waals surface area contributed by atoms with E-state index in [0.717, 1.165) is 31.9 Å². The normalized spacial score (nSPS) is 18.8. The van der Waals surface area contributed by atoms with E-state index in [0.29, 0.717) is 12.1 Å². The molecule has 17 heavy (non-hydrogen) atoms. The largest absolute Gasteiger partial charge is 0.494 e. The van der Waals surface area contributed by atoms with E-state index in [4.69, 9.17) is 10.5 Å². The first-order valence-corrected chi connectivity index (χ1v) is 6.43. The molecule has 0 aliphatic carbocycles. The minimum Gasteiger partial charge on any atom is -0.494 e. The second kappa shape index (κ2) is 5.52. The van der Waals surface area contributed by atoms with Gasteiger partial charge in [0.15, 0.2) is 0 Å². The van der Waals surface area contributed by atoms with Gasteiger partial charge in [-0.3, -0.25) is 4.90 Å². The maximum absolute atomic E-state index is 5.80. The summed E-state index contributed by atoms with van der Waals surface area (Å²) in [5, 5.41) is 0. The lowest BCUT2D eigenvalue weighted by molar-refractivity contribution is 0.103. The summed E-state index contributed by atoms with van der Waals surface area (Å²) in [5.41, 5.74) is 7.14. The highest BCUT2D eigenvalue weighted by Gasteiger charge is 2.27. The standard InChI is InChI=1S/C14H22N2O/c1-3-8-17-14-6-4-12(5-7-14)11(2)16-9-13(15)10-16/h4-7,11,13H,3,8-10,15H2,1-2H3. The summed E-state index contributed by atoms with van der Waals surface area (Å²) >= 11 is 0. The Morgan fingerprint density at radius 1 is 1.35 bits per heavy atom. The van der Waals surface area contributed by atoms with Gasteiger partial charge in [0, 0.05) is 25.2 Å². The molecule has 1 heterocycles. The van der Waals surface area contributed by atoms with Gasteiger partial charge in [-0.05, 0) is 31.0 Å². The Bertz CT molecular complexity index is 344. The molecule has 0 saturated carbocycles. The van der Waals surface area contributed by atoms with Crippen molar-refractivity contribution in [3.05, 3.63) is 29.8 Å². The van der Waals surface area contributed by atoms with Gasteiger partial charge in [0.05, 0.1) is 6.61 Å². The third-order valence-corrected chi connectivity index (χ3v) is 3.32. The molecule has 0 amide bonds. The highest BCUT2D eigenvalue weighted by atomic mass is 16.5. The van der Waals surface area contributed by atoms with E-state index in [9.17, 15) is 0 Å². The summed E-state index contributed by atoms with van der Waals surface area (Å²) in [5.74, 6) is 0.961. The van der Waals surface area contributed by atoms with Crippen LogP contribution in [0.15, 0.2) is 24.3 Å². The molecular weight excluding hydrogens is 212 g/mol. The van der Waals surface area contributed by atoms with E-state index in [1.807, 2.05) is 0 Å². The van der Waals surface area contributed by atoms with Crippen LogP contribution in [-0.4, -0.2) is 30.6 Å². The fourth-order valence-corrected chi connectivity index (χ4v) is 2.14. The van der Waals surface area contributed by atoms with E-state index in [1.54, 1.807) is 0 Å². The van der Waals surface area contributed by atoms with Crippen LogP contribution >= 0.6 is 0 Å². The Morgan fingerprint density at radius 3 is 2.53 bits per heavy atom. The highest BCUT2D eigenvalue weighted by molar-refractivity contribution is 5.29. The van der Waals surface area contributed by atoms with Gasteiger partial charge in [0.25, 0.3) is 0 Å². The molecule has 1 aliphatic rings. The average molecular weight is 234 g/mol. The number of ether oxygens (including phenoxy) is 1. The van der Waals surface area contributed by atoms with Crippen LogP contribution in [0.2, 0.25) is 0 Å². The number of benzene rings is 1. The molecule has 1 aromatic rings. The Hall–Kier alpha value is -1.06. The van der Waals surface area contributed by atoms with Gasteiger partial charge in [-0.1, -0.05) is 19.1 Å². The van der Waals surface area contributed by atoms with E-state index in [2.05, 4.69) is 43.0 Å². The maximum atomic E-state index is 5.80. The van der Waals surface area contributed by atoms with Gasteiger partial charge in [-0.2, -0.15) is 0 Å². The average Bonchev–Trinajstić information content (AvgIpc) is 2.32. The molecule has 1 unspecified atom stereocenters. The first kappa shape index (κ1) is 12.4. The minimum absolute atomic E-state index is 0.365. The van der Waals surface area contributed by atoms with Crippen molar-refractivity contribution in [1.82, 2.24) is 4.90 Å². The van der Waals surface area contributed by atoms with E-state index >= 15 is 0 Å². The van der Waals surface area contributed by atoms with Crippen LogP contribution in [0.3, 0.4) is 0 Å². The van der Waals surface area contributed by atoms with Crippen LogP contribution in [0.5, 0.6) is 5.75 Å². The van der Waals surface area contributed by atoms with Crippen LogP contribution in [0.4, 0.5) is 0 Å². The monoisotopic (exact) mass is 234 g/mol. The molecule has 3 heteroatoms. The van der Waals surface area contributed by atoms with Crippen LogP contribution in [-0.2, 0) is 0 Å². The van der Waals surface area contributed by atoms with Gasteiger partial charge in [0.1, 0.15) is 5.75 Å². The second-order valence-corrected chi connectivity index (χ2v) is 4.81. The number of nitrogens with zero attached hydrogens (tertiary/aromatic N) is 1. The summed E-state index contributed by atoms with van der Waals surface area (Å²) in [4.78, 5) is 2.40. The molecule has 0 radical (unpaired) electrons. The molecule has 94 valence electrons. The van der Waals surface area contributed by atoms with Crippen molar-refractivity contribution in [1.29, 1.82) is 0 Å². The molecule has 1 aliphatic heterocycles. The Kier molecular flexibility index (Phi) is 4.02. The Morgan fingerprint density at radius 2 is 2.00 bits per heavy atom. The van der Waals surface area contributed by atoms with Crippen LogP contribution < -0.4 is 10.5 Å². The predicted octanol–water partition coefficient (Wildman–Crippen LogP) is 2.18. The number of likely N-dealkylation sites (tertiary alicyclic amines) is 1. The summed E-state index contributed by atoms with van der Waals surface area (Å²) < 4.78 is 5.57. The van der Waals surface area contributed by atoms with Crippen molar-refractivity contribution in [2.45, 2.75) is 32.4 Å². The summed E-state index contributed by atoms with van der Waals surface area (Å²) in [6.07, 6.45) is 1.05. The molecule has 0 aromatic heterocycles. The van der Waals surface area contributed by atoms with E-state index in [-0.39, 0.29) is 0 Å². The lowest BCUT2D eigenvalue weighted by atomic mass is 10.0. The zero-order valence-corrected chi connectivity index (χ0v) is 10.7. The van der Waals surface area contributed by atoms with Crippen LogP contribution in [0.25, 0.3) is 0 Å². The molecule has 1 atom stereocenters. The maximum Gasteiger partial charge on any atom is 0.119 e. The quantitative estimate of drug-likeness (QED) is 0.848. The second-order valence-electron chi connectivity index (χ2n) is 4.81. The Labute approximate surface area is 104 Å². The lowest BCUT2D eigenvalue weighted by Crippen LogP contribution is -2.56. The smallest absolute Gasteiger partial charge is 0.119 e. The van der Waals surface area contributed by atoms with Crippen molar-refractivity contribution in [2.75, 3.05) is 19.7 Å². The molecule has 2 N–H and O–H groups in total. The number of nitrogens with two attached hydrogens (primary N) is 1. The first-order chi connectivity index (χ1) is 8.20. The lowest BCUT2D eigenvalue weighted by Gasteiger charge is -2.41. The third-order valence-electron chi connectivity index (χ3n) is 3.32. The van der Waals surface area contributed by atoms with Gasteiger partial charge in [-0.25, -0.2) is 0 Å². The minimum atomic E-state index is 0.365. The van der Waals surface area contributed by atoms with E-state index in [1.165, 1.54) is 5.56 Å². The topological polar surface area (TPSA) is 38.5 Å². The molecule has 0 spiro atoms. The van der Waals surface area contributed by atoms with Crippen LogP contribution in [0.1, 0.15) is 31.9 Å². The van der Waals surface area contributed by atoms with Gasteiger partial charge in [0.2, 0.25) is 0 Å². The van der Waals surface area contributed by atoms with Crippen molar-refractivity contribution < 1.29 is 4.74 Å². The zero-order valence-electron chi connectivity index (χ0n) is 10.7. The fraction of sp³-hybridized carbons (Fsp3) is 0.571. The van der Waals surface area contributed by atoms with Crippen molar-refractivity contribution in [3.63, 3.8) is 0 Å². The molecule has 2 rings (SSSR count). The SMILES string of the molecule is CCCOc1ccc(C(C)N2CC(N)C2)cc1. The number of hydrogen-bond acceptors (Lipinski definition) is 3. The molecule has 1 fully saturated rings. The van der Waals surface area contributed by atoms with Crippen molar-refractivity contribution in [2.24, 2.45) is 5.73 Å². The zero-order chi connectivity index (χ0) is 12.3. The third kappa shape index (κ3) is 2.99. The van der Waals surface area contributed by atoms with Crippen molar-refractivity contribution >= 4 is 0 Å². The predicted molar refractivity (Wildman–Crippen MR) is 70.2 cm³/mol. The summed E-state index contributed by atoms with van der Waals surface area (Å²) in [7, 11) is 0. The van der Waals surface area contributed by atoms with E-state index < -0.39 is 0 Å². The van der Waals surface area contributed by atoms with Gasteiger partial charge < -0.3 is 10.5 Å². The van der Waals surface area contributed by atoms with Gasteiger partial charge >= 0.3 is 0 Å².